The van der Waals surface area contributed by atoms with Crippen molar-refractivity contribution in [2.24, 2.45) is 5.10 Å². The standard InChI is InChI=1S/C14H11N3OS/c18-13-14(9-4-1-2-5-10(9)15-13)8-11(16-17-14)12-6-3-7-19-12/h1-7,17H,8H2,(H,15,18). The van der Waals surface area contributed by atoms with Crippen molar-refractivity contribution in [3.63, 3.8) is 0 Å². The van der Waals surface area contributed by atoms with Crippen molar-refractivity contribution in [2.45, 2.75) is 12.0 Å². The molecule has 2 aliphatic rings. The van der Waals surface area contributed by atoms with Crippen LogP contribution in [-0.2, 0) is 10.3 Å². The number of carbonyl (C=O) groups excluding carboxylic acids is 1. The maximum atomic E-state index is 12.3. The molecule has 0 saturated carbocycles. The Morgan fingerprint density at radius 2 is 2.11 bits per heavy atom. The summed E-state index contributed by atoms with van der Waals surface area (Å²) in [6, 6.07) is 11.8. The highest BCUT2D eigenvalue weighted by molar-refractivity contribution is 7.12. The van der Waals surface area contributed by atoms with Crippen LogP contribution in [0.1, 0.15) is 16.9 Å². The monoisotopic (exact) mass is 269 g/mol. The summed E-state index contributed by atoms with van der Waals surface area (Å²) in [5, 5.41) is 9.32. The Morgan fingerprint density at radius 3 is 2.95 bits per heavy atom. The molecule has 1 atom stereocenters. The minimum atomic E-state index is -0.726. The quantitative estimate of drug-likeness (QED) is 0.834. The molecule has 0 bridgehead atoms. The molecule has 1 amide bonds. The molecule has 1 spiro atoms. The van der Waals surface area contributed by atoms with E-state index >= 15 is 0 Å². The van der Waals surface area contributed by atoms with Crippen LogP contribution in [0.3, 0.4) is 0 Å². The minimum Gasteiger partial charge on any atom is -0.323 e. The van der Waals surface area contributed by atoms with E-state index in [1.54, 1.807) is 11.3 Å². The molecular weight excluding hydrogens is 258 g/mol. The van der Waals surface area contributed by atoms with E-state index in [0.29, 0.717) is 6.42 Å². The Bertz CT molecular complexity index is 692. The summed E-state index contributed by atoms with van der Waals surface area (Å²) in [6.45, 7) is 0. The summed E-state index contributed by atoms with van der Waals surface area (Å²) in [6.07, 6.45) is 0.594. The predicted molar refractivity (Wildman–Crippen MR) is 75.4 cm³/mol. The zero-order valence-corrected chi connectivity index (χ0v) is 10.8. The molecule has 94 valence electrons. The second kappa shape index (κ2) is 3.68. The normalized spacial score (nSPS) is 24.0. The summed E-state index contributed by atoms with van der Waals surface area (Å²) >= 11 is 1.64. The summed E-state index contributed by atoms with van der Waals surface area (Å²) in [5.74, 6) is -0.0241. The number of anilines is 1. The van der Waals surface area contributed by atoms with Crippen molar-refractivity contribution >= 4 is 28.6 Å². The van der Waals surface area contributed by atoms with Gasteiger partial charge in [-0.25, -0.2) is 0 Å². The molecule has 0 fully saturated rings. The number of carbonyl (C=O) groups is 1. The molecule has 5 heteroatoms. The average Bonchev–Trinajstić information content (AvgIpc) is 3.13. The van der Waals surface area contributed by atoms with Crippen LogP contribution in [0.5, 0.6) is 0 Å². The van der Waals surface area contributed by atoms with Crippen LogP contribution in [0, 0.1) is 0 Å². The summed E-state index contributed by atoms with van der Waals surface area (Å²) in [7, 11) is 0. The Balaban J connectivity index is 1.76. The lowest BCUT2D eigenvalue weighted by atomic mass is 9.87. The highest BCUT2D eigenvalue weighted by Gasteiger charge is 2.50. The van der Waals surface area contributed by atoms with E-state index in [9.17, 15) is 4.79 Å². The Morgan fingerprint density at radius 1 is 1.21 bits per heavy atom. The molecule has 1 unspecified atom stereocenters. The number of hydrazone groups is 1. The fraction of sp³-hybridized carbons (Fsp3) is 0.143. The third-order valence-electron chi connectivity index (χ3n) is 3.64. The molecule has 0 radical (unpaired) electrons. The van der Waals surface area contributed by atoms with Crippen LogP contribution >= 0.6 is 11.3 Å². The smallest absolute Gasteiger partial charge is 0.256 e. The van der Waals surface area contributed by atoms with Gasteiger partial charge in [0.1, 0.15) is 0 Å². The lowest BCUT2D eigenvalue weighted by molar-refractivity contribution is -0.121. The van der Waals surface area contributed by atoms with Gasteiger partial charge in [-0.1, -0.05) is 24.3 Å². The third kappa shape index (κ3) is 1.39. The predicted octanol–water partition coefficient (Wildman–Crippen LogP) is 2.29. The summed E-state index contributed by atoms with van der Waals surface area (Å²) < 4.78 is 0. The molecule has 0 aliphatic carbocycles. The van der Waals surface area contributed by atoms with Crippen LogP contribution in [0.4, 0.5) is 5.69 Å². The Kier molecular flexibility index (Phi) is 2.08. The number of fused-ring (bicyclic) bond motifs is 2. The zero-order chi connectivity index (χ0) is 12.9. The minimum absolute atomic E-state index is 0.0241. The van der Waals surface area contributed by atoms with E-state index in [4.69, 9.17) is 0 Å². The summed E-state index contributed by atoms with van der Waals surface area (Å²) in [5.41, 5.74) is 5.14. The third-order valence-corrected chi connectivity index (χ3v) is 4.56. The Hall–Kier alpha value is -2.14. The highest BCUT2D eigenvalue weighted by Crippen LogP contribution is 2.41. The molecule has 3 heterocycles. The van der Waals surface area contributed by atoms with Crippen molar-refractivity contribution in [1.29, 1.82) is 0 Å². The second-order valence-electron chi connectivity index (χ2n) is 4.73. The SMILES string of the molecule is O=C1Nc2ccccc2C12CC(c1cccs1)=NN2. The van der Waals surface area contributed by atoms with Gasteiger partial charge in [0.25, 0.3) is 5.91 Å². The number of para-hydroxylation sites is 1. The van der Waals surface area contributed by atoms with Gasteiger partial charge in [-0.15, -0.1) is 11.3 Å². The average molecular weight is 269 g/mol. The number of hydrogen-bond donors (Lipinski definition) is 2. The molecule has 4 rings (SSSR count). The van der Waals surface area contributed by atoms with Crippen LogP contribution < -0.4 is 10.7 Å². The van der Waals surface area contributed by atoms with Crippen LogP contribution in [0.25, 0.3) is 0 Å². The Labute approximate surface area is 114 Å². The van der Waals surface area contributed by atoms with Gasteiger partial charge in [-0.2, -0.15) is 5.10 Å². The van der Waals surface area contributed by atoms with Gasteiger partial charge < -0.3 is 5.32 Å². The largest absolute Gasteiger partial charge is 0.323 e. The number of nitrogens with one attached hydrogen (secondary N) is 2. The van der Waals surface area contributed by atoms with Crippen molar-refractivity contribution in [3.05, 3.63) is 52.2 Å². The maximum absolute atomic E-state index is 12.3. The number of thiophene rings is 1. The maximum Gasteiger partial charge on any atom is 0.256 e. The first-order chi connectivity index (χ1) is 9.29. The molecule has 1 aromatic heterocycles. The van der Waals surface area contributed by atoms with Gasteiger partial charge in [0, 0.05) is 17.7 Å². The van der Waals surface area contributed by atoms with Gasteiger partial charge in [0.2, 0.25) is 0 Å². The fourth-order valence-corrected chi connectivity index (χ4v) is 3.39. The van der Waals surface area contributed by atoms with E-state index < -0.39 is 5.54 Å². The van der Waals surface area contributed by atoms with Crippen LogP contribution in [0.15, 0.2) is 46.9 Å². The molecule has 2 aromatic rings. The van der Waals surface area contributed by atoms with E-state index in [-0.39, 0.29) is 5.91 Å². The number of nitrogens with zero attached hydrogens (tertiary/aromatic N) is 1. The lowest BCUT2D eigenvalue weighted by Gasteiger charge is -2.20. The molecule has 1 aromatic carbocycles. The topological polar surface area (TPSA) is 53.5 Å². The fourth-order valence-electron chi connectivity index (χ4n) is 2.68. The molecule has 2 N–H and O–H groups in total. The molecule has 2 aliphatic heterocycles. The van der Waals surface area contributed by atoms with Crippen molar-refractivity contribution in [1.82, 2.24) is 5.43 Å². The number of amides is 1. The zero-order valence-electron chi connectivity index (χ0n) is 10.0. The van der Waals surface area contributed by atoms with Crippen molar-refractivity contribution < 1.29 is 4.79 Å². The van der Waals surface area contributed by atoms with Crippen LogP contribution in [0.2, 0.25) is 0 Å². The van der Waals surface area contributed by atoms with Gasteiger partial charge in [0.15, 0.2) is 5.54 Å². The first kappa shape index (κ1) is 10.8. The molecule has 19 heavy (non-hydrogen) atoms. The van der Waals surface area contributed by atoms with Crippen molar-refractivity contribution in [2.75, 3.05) is 5.32 Å². The van der Waals surface area contributed by atoms with E-state index in [1.807, 2.05) is 41.8 Å². The molecule has 4 nitrogen and oxygen atoms in total. The molecular formula is C14H11N3OS. The first-order valence-electron chi connectivity index (χ1n) is 6.08. The van der Waals surface area contributed by atoms with Gasteiger partial charge in [-0.05, 0) is 17.5 Å². The number of hydrogen-bond acceptors (Lipinski definition) is 4. The van der Waals surface area contributed by atoms with Gasteiger partial charge >= 0.3 is 0 Å². The lowest BCUT2D eigenvalue weighted by Crippen LogP contribution is -2.42. The van der Waals surface area contributed by atoms with E-state index in [1.165, 1.54) is 0 Å². The van der Waals surface area contributed by atoms with E-state index in [2.05, 4.69) is 15.8 Å². The number of rotatable bonds is 1. The first-order valence-corrected chi connectivity index (χ1v) is 6.96. The van der Waals surface area contributed by atoms with Gasteiger partial charge in [0.05, 0.1) is 10.6 Å². The van der Waals surface area contributed by atoms with E-state index in [0.717, 1.165) is 21.8 Å². The molecule has 0 saturated heterocycles. The van der Waals surface area contributed by atoms with Gasteiger partial charge in [-0.3, -0.25) is 10.2 Å². The second-order valence-corrected chi connectivity index (χ2v) is 5.68. The summed E-state index contributed by atoms with van der Waals surface area (Å²) in [4.78, 5) is 13.4. The highest BCUT2D eigenvalue weighted by atomic mass is 32.1. The number of benzene rings is 1. The van der Waals surface area contributed by atoms with Crippen molar-refractivity contribution in [3.8, 4) is 0 Å². The van der Waals surface area contributed by atoms with Crippen LogP contribution in [-0.4, -0.2) is 11.6 Å².